The van der Waals surface area contributed by atoms with Crippen molar-refractivity contribution in [1.82, 2.24) is 0 Å². The molecule has 2 aliphatic carbocycles. The van der Waals surface area contributed by atoms with Gasteiger partial charge < -0.3 is 19.9 Å². The van der Waals surface area contributed by atoms with Crippen LogP contribution in [0.2, 0.25) is 10.0 Å². The van der Waals surface area contributed by atoms with Gasteiger partial charge in [-0.3, -0.25) is 0 Å². The van der Waals surface area contributed by atoms with Crippen molar-refractivity contribution in [2.45, 2.75) is 52.7 Å². The highest BCUT2D eigenvalue weighted by Gasteiger charge is 2.63. The summed E-state index contributed by atoms with van der Waals surface area (Å²) in [6.45, 7) is 7.11. The second-order valence-corrected chi connectivity index (χ2v) is 11.4. The van der Waals surface area contributed by atoms with E-state index in [0.29, 0.717) is 27.9 Å². The SMILES string of the molecule is COC(=O)c1ccc(NCc2cc(Cl)cc(Cl)c2O)cc1OC(C=C=O)C1CC2CCC1(C)C2(C)C. The normalized spacial score (nSPS) is 24.6. The number of esters is 1. The van der Waals surface area contributed by atoms with Crippen LogP contribution in [0.5, 0.6) is 11.5 Å². The molecule has 36 heavy (non-hydrogen) atoms. The van der Waals surface area contributed by atoms with Crippen LogP contribution in [0.3, 0.4) is 0 Å². The summed E-state index contributed by atoms with van der Waals surface area (Å²) in [5.74, 6) is 2.31. The zero-order chi connectivity index (χ0) is 26.3. The first kappa shape index (κ1) is 26.4. The lowest BCUT2D eigenvalue weighted by Gasteiger charge is -2.41. The fraction of sp³-hybridized carbons (Fsp3) is 0.464. The maximum Gasteiger partial charge on any atom is 0.341 e. The van der Waals surface area contributed by atoms with E-state index in [9.17, 15) is 14.7 Å². The molecule has 0 aliphatic heterocycles. The molecular formula is C28H31Cl2NO5. The van der Waals surface area contributed by atoms with Crippen molar-refractivity contribution < 1.29 is 24.2 Å². The van der Waals surface area contributed by atoms with Crippen LogP contribution in [0.15, 0.2) is 36.4 Å². The molecule has 8 heteroatoms. The summed E-state index contributed by atoms with van der Waals surface area (Å²) in [7, 11) is 1.31. The van der Waals surface area contributed by atoms with Gasteiger partial charge in [-0.1, -0.05) is 44.0 Å². The first-order chi connectivity index (χ1) is 17.0. The van der Waals surface area contributed by atoms with Gasteiger partial charge in [0, 0.05) is 40.9 Å². The van der Waals surface area contributed by atoms with Crippen LogP contribution in [0, 0.1) is 22.7 Å². The number of methoxy groups -OCH3 is 1. The largest absolute Gasteiger partial charge is 0.506 e. The molecule has 0 radical (unpaired) electrons. The number of ether oxygens (including phenoxy) is 2. The van der Waals surface area contributed by atoms with E-state index in [1.165, 1.54) is 25.7 Å². The topological polar surface area (TPSA) is 84.9 Å². The van der Waals surface area contributed by atoms with Crippen LogP contribution in [0.25, 0.3) is 0 Å². The van der Waals surface area contributed by atoms with Gasteiger partial charge in [0.1, 0.15) is 29.1 Å². The van der Waals surface area contributed by atoms with Gasteiger partial charge in [0.25, 0.3) is 0 Å². The Labute approximate surface area is 221 Å². The van der Waals surface area contributed by atoms with E-state index in [1.54, 1.807) is 24.3 Å². The van der Waals surface area contributed by atoms with Gasteiger partial charge >= 0.3 is 5.97 Å². The van der Waals surface area contributed by atoms with Gasteiger partial charge in [0.05, 0.1) is 12.1 Å². The number of carbonyl (C=O) groups is 1. The molecule has 4 unspecified atom stereocenters. The highest BCUT2D eigenvalue weighted by molar-refractivity contribution is 6.35. The summed E-state index contributed by atoms with van der Waals surface area (Å²) in [6, 6.07) is 8.12. The molecule has 4 atom stereocenters. The van der Waals surface area contributed by atoms with Crippen LogP contribution in [-0.4, -0.2) is 30.2 Å². The van der Waals surface area contributed by atoms with Crippen molar-refractivity contribution >= 4 is 40.8 Å². The zero-order valence-corrected chi connectivity index (χ0v) is 22.4. The molecule has 192 valence electrons. The highest BCUT2D eigenvalue weighted by atomic mass is 35.5. The number of fused-ring (bicyclic) bond motifs is 2. The number of halogens is 2. The van der Waals surface area contributed by atoms with Gasteiger partial charge in [-0.25, -0.2) is 9.59 Å². The van der Waals surface area contributed by atoms with Gasteiger partial charge in [-0.2, -0.15) is 0 Å². The molecule has 0 spiro atoms. The van der Waals surface area contributed by atoms with Crippen molar-refractivity contribution in [3.8, 4) is 11.5 Å². The van der Waals surface area contributed by atoms with E-state index in [0.717, 1.165) is 12.8 Å². The minimum absolute atomic E-state index is 0.000342. The Kier molecular flexibility index (Phi) is 7.34. The second kappa shape index (κ2) is 10.0. The number of rotatable bonds is 8. The number of hydrogen-bond donors (Lipinski definition) is 2. The van der Waals surface area contributed by atoms with Gasteiger partial charge in [-0.05, 0) is 60.3 Å². The number of hydrogen-bond acceptors (Lipinski definition) is 6. The van der Waals surface area contributed by atoms with E-state index in [1.807, 2.05) is 5.94 Å². The molecule has 0 heterocycles. The van der Waals surface area contributed by atoms with Gasteiger partial charge in [0.2, 0.25) is 0 Å². The molecule has 6 nitrogen and oxygen atoms in total. The summed E-state index contributed by atoms with van der Waals surface area (Å²) in [5, 5.41) is 14.0. The number of phenols is 1. The van der Waals surface area contributed by atoms with Crippen molar-refractivity contribution in [3.05, 3.63) is 57.6 Å². The second-order valence-electron chi connectivity index (χ2n) is 10.5. The number of anilines is 1. The van der Waals surface area contributed by atoms with Gasteiger partial charge in [0.15, 0.2) is 0 Å². The summed E-state index contributed by atoms with van der Waals surface area (Å²) >= 11 is 12.1. The quantitative estimate of drug-likeness (QED) is 0.291. The van der Waals surface area contributed by atoms with E-state index < -0.39 is 12.1 Å². The number of aromatic hydroxyl groups is 1. The molecule has 0 aromatic heterocycles. The standard InChI is InChI=1S/C28H31Cl2NO5/c1-27(2)17-7-9-28(27,3)21(12-17)23(8-10-32)36-24-14-19(5-6-20(24)26(34)35-4)31-15-16-11-18(29)13-22(30)25(16)33/h5-6,8,11,13-14,17,21,23,31,33H,7,9,12,15H2,1-4H3. The number of carbonyl (C=O) groups excluding carboxylic acids is 2. The maximum atomic E-state index is 12.5. The summed E-state index contributed by atoms with van der Waals surface area (Å²) < 4.78 is 11.4. The summed E-state index contributed by atoms with van der Waals surface area (Å²) in [5.41, 5.74) is 1.55. The molecule has 2 aromatic carbocycles. The van der Waals surface area contributed by atoms with Crippen LogP contribution >= 0.6 is 23.2 Å². The molecule has 2 aliphatic rings. The Hall–Kier alpha value is -2.66. The third kappa shape index (κ3) is 4.58. The average molecular weight is 532 g/mol. The van der Waals surface area contributed by atoms with E-state index >= 15 is 0 Å². The fourth-order valence-corrected chi connectivity index (χ4v) is 6.70. The molecule has 2 aromatic rings. The van der Waals surface area contributed by atoms with E-state index in [4.69, 9.17) is 32.7 Å². The van der Waals surface area contributed by atoms with E-state index in [2.05, 4.69) is 26.1 Å². The third-order valence-electron chi connectivity index (χ3n) is 8.73. The number of benzene rings is 2. The third-order valence-corrected chi connectivity index (χ3v) is 9.24. The summed E-state index contributed by atoms with van der Waals surface area (Å²) in [6.07, 6.45) is 4.09. The smallest absolute Gasteiger partial charge is 0.341 e. The number of nitrogens with one attached hydrogen (secondary N) is 1. The maximum absolute atomic E-state index is 12.5. The Balaban J connectivity index is 1.63. The Morgan fingerprint density at radius 3 is 2.64 bits per heavy atom. The lowest BCUT2D eigenvalue weighted by molar-refractivity contribution is 0.0389. The number of phenolic OH excluding ortho intramolecular Hbond substituents is 1. The minimum atomic E-state index is -0.538. The van der Waals surface area contributed by atoms with E-state index in [-0.39, 0.29) is 39.6 Å². The first-order valence-corrected chi connectivity index (χ1v) is 12.8. The van der Waals surface area contributed by atoms with Crippen LogP contribution in [0.1, 0.15) is 56.0 Å². The van der Waals surface area contributed by atoms with Crippen molar-refractivity contribution in [3.63, 3.8) is 0 Å². The minimum Gasteiger partial charge on any atom is -0.506 e. The first-order valence-electron chi connectivity index (χ1n) is 12.0. The molecule has 2 fully saturated rings. The van der Waals surface area contributed by atoms with Crippen LogP contribution in [-0.2, 0) is 16.1 Å². The summed E-state index contributed by atoms with van der Waals surface area (Å²) in [4.78, 5) is 24.0. The average Bonchev–Trinajstić information content (AvgIpc) is 3.18. The van der Waals surface area contributed by atoms with Crippen molar-refractivity contribution in [2.24, 2.45) is 22.7 Å². The molecule has 4 rings (SSSR count). The monoisotopic (exact) mass is 531 g/mol. The lowest BCUT2D eigenvalue weighted by Crippen LogP contribution is -2.40. The van der Waals surface area contributed by atoms with Crippen LogP contribution in [0.4, 0.5) is 5.69 Å². The molecule has 0 saturated heterocycles. The predicted octanol–water partition coefficient (Wildman–Crippen LogP) is 6.70. The highest BCUT2D eigenvalue weighted by Crippen LogP contribution is 2.69. The molecule has 2 saturated carbocycles. The fourth-order valence-electron chi connectivity index (χ4n) is 6.17. The van der Waals surface area contributed by atoms with Crippen LogP contribution < -0.4 is 10.1 Å². The molecular weight excluding hydrogens is 501 g/mol. The Bertz CT molecular complexity index is 1220. The van der Waals surface area contributed by atoms with Crippen molar-refractivity contribution in [2.75, 3.05) is 12.4 Å². The molecule has 2 bridgehead atoms. The lowest BCUT2D eigenvalue weighted by atomic mass is 9.65. The van der Waals surface area contributed by atoms with Crippen molar-refractivity contribution in [1.29, 1.82) is 0 Å². The van der Waals surface area contributed by atoms with Gasteiger partial charge in [-0.15, -0.1) is 0 Å². The predicted molar refractivity (Wildman–Crippen MR) is 141 cm³/mol. The molecule has 2 N–H and O–H groups in total. The zero-order valence-electron chi connectivity index (χ0n) is 20.9. The Morgan fingerprint density at radius 2 is 2.03 bits per heavy atom. The molecule has 0 amide bonds. The Morgan fingerprint density at radius 1 is 1.28 bits per heavy atom.